The standard InChI is InChI=1S/C21H25NO5/c1-5-15-8-6-7-9-17(15)22-20(23)13-26-21(24)16-10-11-18(27-14(2)3)19(12-16)25-4/h6-12,14H,5,13H2,1-4H3,(H,22,23). The third-order valence-electron chi connectivity index (χ3n) is 3.77. The van der Waals surface area contributed by atoms with Gasteiger partial charge in [-0.05, 0) is 50.1 Å². The van der Waals surface area contributed by atoms with E-state index in [1.165, 1.54) is 13.2 Å². The van der Waals surface area contributed by atoms with Crippen molar-refractivity contribution in [3.8, 4) is 11.5 Å². The number of esters is 1. The maximum Gasteiger partial charge on any atom is 0.338 e. The number of amides is 1. The monoisotopic (exact) mass is 371 g/mol. The molecule has 27 heavy (non-hydrogen) atoms. The number of hydrogen-bond donors (Lipinski definition) is 1. The Morgan fingerprint density at radius 3 is 2.48 bits per heavy atom. The zero-order valence-electron chi connectivity index (χ0n) is 16.1. The van der Waals surface area contributed by atoms with Gasteiger partial charge in [-0.2, -0.15) is 0 Å². The summed E-state index contributed by atoms with van der Waals surface area (Å²) in [4.78, 5) is 24.3. The van der Waals surface area contributed by atoms with Gasteiger partial charge in [-0.1, -0.05) is 25.1 Å². The van der Waals surface area contributed by atoms with Gasteiger partial charge in [0.25, 0.3) is 5.91 Å². The van der Waals surface area contributed by atoms with E-state index in [2.05, 4.69) is 5.32 Å². The van der Waals surface area contributed by atoms with E-state index in [1.807, 2.05) is 45.0 Å². The van der Waals surface area contributed by atoms with Crippen molar-refractivity contribution in [1.29, 1.82) is 0 Å². The minimum atomic E-state index is -0.608. The van der Waals surface area contributed by atoms with E-state index in [1.54, 1.807) is 12.1 Å². The van der Waals surface area contributed by atoms with Crippen LogP contribution in [0.2, 0.25) is 0 Å². The topological polar surface area (TPSA) is 73.9 Å². The summed E-state index contributed by atoms with van der Waals surface area (Å²) in [5, 5.41) is 2.76. The SMILES string of the molecule is CCc1ccccc1NC(=O)COC(=O)c1ccc(OC(C)C)c(OC)c1. The van der Waals surface area contributed by atoms with Crippen molar-refractivity contribution in [3.05, 3.63) is 53.6 Å². The first-order chi connectivity index (χ1) is 12.9. The zero-order chi connectivity index (χ0) is 19.8. The van der Waals surface area contributed by atoms with Gasteiger partial charge in [0.05, 0.1) is 18.8 Å². The first kappa shape index (κ1) is 20.3. The van der Waals surface area contributed by atoms with Crippen molar-refractivity contribution in [2.45, 2.75) is 33.3 Å². The van der Waals surface area contributed by atoms with Crippen LogP contribution in [0.3, 0.4) is 0 Å². The Hall–Kier alpha value is -3.02. The molecule has 2 aromatic rings. The van der Waals surface area contributed by atoms with Crippen LogP contribution in [0.15, 0.2) is 42.5 Å². The quantitative estimate of drug-likeness (QED) is 0.714. The van der Waals surface area contributed by atoms with E-state index in [-0.39, 0.29) is 18.3 Å². The maximum atomic E-state index is 12.2. The van der Waals surface area contributed by atoms with Crippen LogP contribution in [0, 0.1) is 0 Å². The molecule has 1 N–H and O–H groups in total. The number of carbonyl (C=O) groups is 2. The highest BCUT2D eigenvalue weighted by molar-refractivity contribution is 5.96. The summed E-state index contributed by atoms with van der Waals surface area (Å²) in [6.45, 7) is 5.43. The molecular weight excluding hydrogens is 346 g/mol. The van der Waals surface area contributed by atoms with Crippen molar-refractivity contribution in [2.75, 3.05) is 19.0 Å². The Bertz CT molecular complexity index is 801. The molecule has 0 fully saturated rings. The number of rotatable bonds is 8. The summed E-state index contributed by atoms with van der Waals surface area (Å²) in [7, 11) is 1.50. The summed E-state index contributed by atoms with van der Waals surface area (Å²) >= 11 is 0. The number of nitrogens with one attached hydrogen (secondary N) is 1. The lowest BCUT2D eigenvalue weighted by atomic mass is 10.1. The summed E-state index contributed by atoms with van der Waals surface area (Å²) in [6.07, 6.45) is 0.771. The average molecular weight is 371 g/mol. The highest BCUT2D eigenvalue weighted by Gasteiger charge is 2.15. The van der Waals surface area contributed by atoms with E-state index in [4.69, 9.17) is 14.2 Å². The lowest BCUT2D eigenvalue weighted by Crippen LogP contribution is -2.21. The molecule has 0 aliphatic carbocycles. The van der Waals surface area contributed by atoms with Crippen LogP contribution in [0.5, 0.6) is 11.5 Å². The highest BCUT2D eigenvalue weighted by atomic mass is 16.5. The molecule has 0 aromatic heterocycles. The molecule has 0 saturated carbocycles. The van der Waals surface area contributed by atoms with E-state index >= 15 is 0 Å². The van der Waals surface area contributed by atoms with Crippen molar-refractivity contribution in [1.82, 2.24) is 0 Å². The molecule has 0 unspecified atom stereocenters. The molecule has 2 aromatic carbocycles. The first-order valence-electron chi connectivity index (χ1n) is 8.84. The number of methoxy groups -OCH3 is 1. The Labute approximate surface area is 159 Å². The number of para-hydroxylation sites is 1. The van der Waals surface area contributed by atoms with E-state index in [0.29, 0.717) is 11.5 Å². The maximum absolute atomic E-state index is 12.2. The Morgan fingerprint density at radius 1 is 1.07 bits per heavy atom. The normalized spacial score (nSPS) is 10.4. The predicted molar refractivity (Wildman–Crippen MR) is 103 cm³/mol. The minimum Gasteiger partial charge on any atom is -0.493 e. The smallest absolute Gasteiger partial charge is 0.338 e. The molecular formula is C21H25NO5. The summed E-state index contributed by atoms with van der Waals surface area (Å²) in [6, 6.07) is 12.3. The van der Waals surface area contributed by atoms with Gasteiger partial charge in [-0.3, -0.25) is 4.79 Å². The summed E-state index contributed by atoms with van der Waals surface area (Å²) in [5.41, 5.74) is 2.02. The van der Waals surface area contributed by atoms with Gasteiger partial charge < -0.3 is 19.5 Å². The molecule has 0 heterocycles. The number of aryl methyl sites for hydroxylation is 1. The molecule has 2 rings (SSSR count). The van der Waals surface area contributed by atoms with E-state index < -0.39 is 11.9 Å². The first-order valence-corrected chi connectivity index (χ1v) is 8.84. The number of anilines is 1. The fourth-order valence-corrected chi connectivity index (χ4v) is 2.50. The van der Waals surface area contributed by atoms with Gasteiger partial charge in [-0.25, -0.2) is 4.79 Å². The van der Waals surface area contributed by atoms with Crippen molar-refractivity contribution >= 4 is 17.6 Å². The summed E-state index contributed by atoms with van der Waals surface area (Å²) < 4.78 is 16.0. The predicted octanol–water partition coefficient (Wildman–Crippen LogP) is 3.84. The third-order valence-corrected chi connectivity index (χ3v) is 3.77. The molecule has 6 nitrogen and oxygen atoms in total. The molecule has 0 spiro atoms. The molecule has 0 atom stereocenters. The van der Waals surface area contributed by atoms with Crippen LogP contribution in [-0.2, 0) is 16.0 Å². The zero-order valence-corrected chi connectivity index (χ0v) is 16.1. The van der Waals surface area contributed by atoms with Crippen LogP contribution >= 0.6 is 0 Å². The highest BCUT2D eigenvalue weighted by Crippen LogP contribution is 2.29. The number of hydrogen-bond acceptors (Lipinski definition) is 5. The van der Waals surface area contributed by atoms with Crippen LogP contribution in [0.1, 0.15) is 36.7 Å². The molecule has 0 aliphatic heterocycles. The number of carbonyl (C=O) groups excluding carboxylic acids is 2. The fraction of sp³-hybridized carbons (Fsp3) is 0.333. The molecule has 1 amide bonds. The molecule has 0 bridgehead atoms. The average Bonchev–Trinajstić information content (AvgIpc) is 2.66. The Morgan fingerprint density at radius 2 is 1.81 bits per heavy atom. The van der Waals surface area contributed by atoms with Gasteiger partial charge in [0.2, 0.25) is 0 Å². The second-order valence-electron chi connectivity index (χ2n) is 6.17. The van der Waals surface area contributed by atoms with Crippen molar-refractivity contribution in [3.63, 3.8) is 0 Å². The second-order valence-corrected chi connectivity index (χ2v) is 6.17. The van der Waals surface area contributed by atoms with Crippen LogP contribution in [0.4, 0.5) is 5.69 Å². The van der Waals surface area contributed by atoms with Gasteiger partial charge in [0.1, 0.15) is 0 Å². The van der Waals surface area contributed by atoms with Crippen LogP contribution < -0.4 is 14.8 Å². The van der Waals surface area contributed by atoms with E-state index in [9.17, 15) is 9.59 Å². The number of benzene rings is 2. The number of ether oxygens (including phenoxy) is 3. The van der Waals surface area contributed by atoms with Gasteiger partial charge in [-0.15, -0.1) is 0 Å². The third kappa shape index (κ3) is 5.74. The van der Waals surface area contributed by atoms with Crippen LogP contribution in [0.25, 0.3) is 0 Å². The van der Waals surface area contributed by atoms with Crippen molar-refractivity contribution < 1.29 is 23.8 Å². The summed E-state index contributed by atoms with van der Waals surface area (Å²) in [5.74, 6) is -0.0308. The van der Waals surface area contributed by atoms with Gasteiger partial charge in [0, 0.05) is 5.69 Å². The molecule has 6 heteroatoms. The fourth-order valence-electron chi connectivity index (χ4n) is 2.50. The second kappa shape index (κ2) is 9.62. The lowest BCUT2D eigenvalue weighted by Gasteiger charge is -2.14. The molecule has 144 valence electrons. The lowest BCUT2D eigenvalue weighted by molar-refractivity contribution is -0.119. The molecule has 0 saturated heterocycles. The van der Waals surface area contributed by atoms with Crippen molar-refractivity contribution in [2.24, 2.45) is 0 Å². The minimum absolute atomic E-state index is 0.0219. The molecule has 0 radical (unpaired) electrons. The van der Waals surface area contributed by atoms with E-state index in [0.717, 1.165) is 17.7 Å². The Balaban J connectivity index is 1.97. The van der Waals surface area contributed by atoms with Gasteiger partial charge in [0.15, 0.2) is 18.1 Å². The van der Waals surface area contributed by atoms with Gasteiger partial charge >= 0.3 is 5.97 Å². The molecule has 0 aliphatic rings. The largest absolute Gasteiger partial charge is 0.493 e. The van der Waals surface area contributed by atoms with Crippen LogP contribution in [-0.4, -0.2) is 31.7 Å². The Kier molecular flexibility index (Phi) is 7.23.